The number of aliphatic carboxylic acids is 1. The summed E-state index contributed by atoms with van der Waals surface area (Å²) in [6.45, 7) is 5.65. The summed E-state index contributed by atoms with van der Waals surface area (Å²) in [5, 5.41) is 9.09. The SMILES string of the molecule is CC(C)Oc1ccc(COc2ccc3c(c2)OCC(CN2CC=C(C(=O)O)CC2)=C3)cc1C(F)(F)F.Cl. The lowest BCUT2D eigenvalue weighted by Gasteiger charge is -2.27. The summed E-state index contributed by atoms with van der Waals surface area (Å²) >= 11 is 0. The van der Waals surface area contributed by atoms with Crippen LogP contribution in [0.15, 0.2) is 53.6 Å². The Labute approximate surface area is 219 Å². The van der Waals surface area contributed by atoms with Crippen LogP contribution in [0.5, 0.6) is 17.2 Å². The number of rotatable bonds is 8. The molecule has 0 atom stereocenters. The zero-order chi connectivity index (χ0) is 25.9. The normalized spacial score (nSPS) is 15.6. The lowest BCUT2D eigenvalue weighted by Crippen LogP contribution is -2.33. The number of alkyl halides is 3. The van der Waals surface area contributed by atoms with Gasteiger partial charge in [-0.1, -0.05) is 12.1 Å². The molecule has 2 aliphatic rings. The monoisotopic (exact) mass is 539 g/mol. The minimum absolute atomic E-state index is 0. The number of nitrogens with zero attached hydrogens (tertiary/aromatic N) is 1. The van der Waals surface area contributed by atoms with Gasteiger partial charge in [0.2, 0.25) is 0 Å². The number of ether oxygens (including phenoxy) is 3. The van der Waals surface area contributed by atoms with E-state index in [1.54, 1.807) is 38.1 Å². The quantitative estimate of drug-likeness (QED) is 0.445. The van der Waals surface area contributed by atoms with Crippen molar-refractivity contribution >= 4 is 24.5 Å². The van der Waals surface area contributed by atoms with Crippen molar-refractivity contribution in [3.63, 3.8) is 0 Å². The number of carbonyl (C=O) groups is 1. The third-order valence-electron chi connectivity index (χ3n) is 5.87. The molecule has 0 saturated heterocycles. The van der Waals surface area contributed by atoms with E-state index in [-0.39, 0.29) is 30.9 Å². The van der Waals surface area contributed by atoms with Crippen molar-refractivity contribution in [2.45, 2.75) is 39.2 Å². The van der Waals surface area contributed by atoms with E-state index < -0.39 is 17.7 Å². The van der Waals surface area contributed by atoms with Crippen molar-refractivity contribution in [1.82, 2.24) is 4.90 Å². The molecule has 2 aromatic rings. The van der Waals surface area contributed by atoms with Gasteiger partial charge in [-0.25, -0.2) is 4.79 Å². The zero-order valence-corrected chi connectivity index (χ0v) is 21.3. The number of fused-ring (bicyclic) bond motifs is 1. The van der Waals surface area contributed by atoms with E-state index in [4.69, 9.17) is 19.3 Å². The third-order valence-corrected chi connectivity index (χ3v) is 5.87. The molecule has 10 heteroatoms. The Hall–Kier alpha value is -3.17. The first-order chi connectivity index (χ1) is 17.1. The van der Waals surface area contributed by atoms with Crippen LogP contribution in [0.4, 0.5) is 13.2 Å². The van der Waals surface area contributed by atoms with Gasteiger partial charge in [0.15, 0.2) is 0 Å². The van der Waals surface area contributed by atoms with Crippen molar-refractivity contribution in [3.05, 3.63) is 70.3 Å². The fraction of sp³-hybridized carbons (Fsp3) is 0.370. The van der Waals surface area contributed by atoms with E-state index in [9.17, 15) is 18.0 Å². The van der Waals surface area contributed by atoms with Crippen LogP contribution < -0.4 is 14.2 Å². The smallest absolute Gasteiger partial charge is 0.419 e. The van der Waals surface area contributed by atoms with Crippen LogP contribution in [0.2, 0.25) is 0 Å². The number of benzene rings is 2. The second kappa shape index (κ2) is 11.9. The van der Waals surface area contributed by atoms with Crippen LogP contribution in [0.1, 0.15) is 37.0 Å². The Bertz CT molecular complexity index is 1190. The standard InChI is InChI=1S/C27H28F3NO5.ClH/c1-17(2)36-24-6-3-18(12-23(24)27(28,29)30)15-34-22-5-4-21-11-19(16-35-25(21)13-22)14-31-9-7-20(8-10-31)26(32)33;/h3-7,11-13,17H,8-10,14-16H2,1-2H3,(H,32,33);1H. The highest BCUT2D eigenvalue weighted by atomic mass is 35.5. The molecule has 1 N–H and O–H groups in total. The van der Waals surface area contributed by atoms with Crippen molar-refractivity contribution in [2.75, 3.05) is 26.2 Å². The summed E-state index contributed by atoms with van der Waals surface area (Å²) in [5.41, 5.74) is 1.96. The highest BCUT2D eigenvalue weighted by Crippen LogP contribution is 2.38. The van der Waals surface area contributed by atoms with Gasteiger partial charge < -0.3 is 19.3 Å². The highest BCUT2D eigenvalue weighted by Gasteiger charge is 2.35. The molecule has 0 bridgehead atoms. The van der Waals surface area contributed by atoms with Gasteiger partial charge in [-0.15, -0.1) is 12.4 Å². The van der Waals surface area contributed by atoms with Gasteiger partial charge >= 0.3 is 12.1 Å². The summed E-state index contributed by atoms with van der Waals surface area (Å²) in [7, 11) is 0. The van der Waals surface area contributed by atoms with Crippen LogP contribution in [0, 0.1) is 0 Å². The zero-order valence-electron chi connectivity index (χ0n) is 20.5. The Morgan fingerprint density at radius 2 is 1.97 bits per heavy atom. The van der Waals surface area contributed by atoms with E-state index in [0.717, 1.165) is 17.2 Å². The molecule has 0 spiro atoms. The van der Waals surface area contributed by atoms with Crippen molar-refractivity contribution < 1.29 is 37.3 Å². The Balaban J connectivity index is 0.00000380. The van der Waals surface area contributed by atoms with E-state index in [1.165, 1.54) is 6.07 Å². The molecule has 2 aromatic carbocycles. The number of hydrogen-bond acceptors (Lipinski definition) is 5. The molecule has 200 valence electrons. The minimum atomic E-state index is -4.53. The topological polar surface area (TPSA) is 68.2 Å². The van der Waals surface area contributed by atoms with Crippen molar-refractivity contribution in [2.24, 2.45) is 0 Å². The predicted octanol–water partition coefficient (Wildman–Crippen LogP) is 5.99. The van der Waals surface area contributed by atoms with E-state index in [0.29, 0.717) is 55.3 Å². The Kier molecular flexibility index (Phi) is 9.15. The maximum Gasteiger partial charge on any atom is 0.419 e. The first-order valence-electron chi connectivity index (χ1n) is 11.7. The number of carboxylic acid groups (broad SMARTS) is 1. The highest BCUT2D eigenvalue weighted by molar-refractivity contribution is 5.86. The van der Waals surface area contributed by atoms with Crippen LogP contribution in [0.3, 0.4) is 0 Å². The molecule has 37 heavy (non-hydrogen) atoms. The van der Waals surface area contributed by atoms with Gasteiger partial charge in [0.25, 0.3) is 0 Å². The van der Waals surface area contributed by atoms with Crippen LogP contribution in [0.25, 0.3) is 6.08 Å². The molecule has 4 rings (SSSR count). The summed E-state index contributed by atoms with van der Waals surface area (Å²) in [4.78, 5) is 13.2. The molecule has 0 unspecified atom stereocenters. The fourth-order valence-corrected chi connectivity index (χ4v) is 4.12. The second-order valence-corrected chi connectivity index (χ2v) is 9.09. The number of hydrogen-bond donors (Lipinski definition) is 1. The van der Waals surface area contributed by atoms with Gasteiger partial charge in [-0.2, -0.15) is 13.2 Å². The molecule has 0 aliphatic carbocycles. The maximum absolute atomic E-state index is 13.5. The molecule has 0 radical (unpaired) electrons. The van der Waals surface area contributed by atoms with Crippen LogP contribution in [-0.2, 0) is 17.6 Å². The molecule has 0 fully saturated rings. The molecule has 2 heterocycles. The molecular weight excluding hydrogens is 511 g/mol. The molecule has 0 saturated carbocycles. The molecule has 6 nitrogen and oxygen atoms in total. The maximum atomic E-state index is 13.5. The summed E-state index contributed by atoms with van der Waals surface area (Å²) in [6, 6.07) is 9.27. The van der Waals surface area contributed by atoms with Gasteiger partial charge in [0.05, 0.1) is 11.7 Å². The number of halogens is 4. The predicted molar refractivity (Wildman–Crippen MR) is 135 cm³/mol. The fourth-order valence-electron chi connectivity index (χ4n) is 4.12. The summed E-state index contributed by atoms with van der Waals surface area (Å²) in [5.74, 6) is 0.0670. The van der Waals surface area contributed by atoms with Crippen LogP contribution >= 0.6 is 12.4 Å². The molecule has 2 aliphatic heterocycles. The second-order valence-electron chi connectivity index (χ2n) is 9.09. The van der Waals surface area contributed by atoms with Crippen molar-refractivity contribution in [3.8, 4) is 17.2 Å². The molecular formula is C27H29ClF3NO5. The lowest BCUT2D eigenvalue weighted by atomic mass is 10.0. The lowest BCUT2D eigenvalue weighted by molar-refractivity contribution is -0.139. The summed E-state index contributed by atoms with van der Waals surface area (Å²) < 4.78 is 57.4. The Morgan fingerprint density at radius 1 is 1.19 bits per heavy atom. The van der Waals surface area contributed by atoms with Gasteiger partial charge in [-0.3, -0.25) is 4.90 Å². The molecule has 0 amide bonds. The largest absolute Gasteiger partial charge is 0.490 e. The van der Waals surface area contributed by atoms with Crippen molar-refractivity contribution in [1.29, 1.82) is 0 Å². The third kappa shape index (κ3) is 7.42. The van der Waals surface area contributed by atoms with E-state index in [1.807, 2.05) is 12.1 Å². The van der Waals surface area contributed by atoms with Gasteiger partial charge in [0.1, 0.15) is 30.5 Å². The minimum Gasteiger partial charge on any atom is -0.490 e. The average molecular weight is 540 g/mol. The van der Waals surface area contributed by atoms with E-state index >= 15 is 0 Å². The van der Waals surface area contributed by atoms with Gasteiger partial charge in [-0.05, 0) is 61.7 Å². The van der Waals surface area contributed by atoms with Crippen LogP contribution in [-0.4, -0.2) is 48.3 Å². The van der Waals surface area contributed by atoms with E-state index in [2.05, 4.69) is 4.90 Å². The first-order valence-corrected chi connectivity index (χ1v) is 11.7. The average Bonchev–Trinajstić information content (AvgIpc) is 2.82. The molecule has 0 aromatic heterocycles. The van der Waals surface area contributed by atoms with Gasteiger partial charge in [0, 0.05) is 36.8 Å². The first kappa shape index (κ1) is 28.4. The summed E-state index contributed by atoms with van der Waals surface area (Å²) in [6.07, 6.45) is -0.607. The Morgan fingerprint density at radius 3 is 2.62 bits per heavy atom. The number of carboxylic acids is 1.